The maximum absolute atomic E-state index is 2.15. The number of benzene rings is 1. The van der Waals surface area contributed by atoms with Crippen LogP contribution in [0.5, 0.6) is 0 Å². The minimum atomic E-state index is 0. The molecule has 0 spiro atoms. The third kappa shape index (κ3) is 4.81. The monoisotopic (exact) mass is 178 g/mol. The van der Waals surface area contributed by atoms with E-state index in [-0.39, 0.29) is 24.8 Å². The fraction of sp³-hybridized carbons (Fsp3) is 0. The molecule has 0 saturated heterocycles. The Kier molecular flexibility index (Phi) is 8.64. The number of rotatable bonds is 0. The molecule has 3 heteroatoms. The van der Waals surface area contributed by atoms with E-state index in [9.17, 15) is 0 Å². The Balaban J connectivity index is 0. The molecule has 0 aliphatic heterocycles. The van der Waals surface area contributed by atoms with Gasteiger partial charge in [0.25, 0.3) is 16.3 Å². The summed E-state index contributed by atoms with van der Waals surface area (Å²) in [6.07, 6.45) is 0. The highest BCUT2D eigenvalue weighted by atomic mass is 35.5. The Morgan fingerprint density at radius 3 is 1.56 bits per heavy atom. The molecular formula is C6H9AlCl2. The van der Waals surface area contributed by atoms with Crippen molar-refractivity contribution in [3.63, 3.8) is 0 Å². The minimum absolute atomic E-state index is 0. The van der Waals surface area contributed by atoms with Crippen LogP contribution in [0.15, 0.2) is 30.3 Å². The van der Waals surface area contributed by atoms with Crippen molar-refractivity contribution in [3.8, 4) is 0 Å². The van der Waals surface area contributed by atoms with Crippen LogP contribution in [0.3, 0.4) is 0 Å². The smallest absolute Gasteiger partial charge is 0.147 e. The van der Waals surface area contributed by atoms with E-state index in [1.54, 1.807) is 0 Å². The first kappa shape index (κ1) is 12.1. The molecule has 0 nitrogen and oxygen atoms in total. The topological polar surface area (TPSA) is 0 Å². The molecule has 0 aromatic heterocycles. The summed E-state index contributed by atoms with van der Waals surface area (Å²) in [7, 11) is 0. The van der Waals surface area contributed by atoms with Crippen LogP contribution in [0, 0.1) is 0 Å². The van der Waals surface area contributed by atoms with E-state index in [1.807, 2.05) is 6.07 Å². The summed E-state index contributed by atoms with van der Waals surface area (Å²) in [5, 5.41) is 0. The Labute approximate surface area is 75.9 Å². The zero-order chi connectivity index (χ0) is 5.11. The zero-order valence-corrected chi connectivity index (χ0v) is 8.84. The lowest BCUT2D eigenvalue weighted by Crippen LogP contribution is -1.97. The first-order chi connectivity index (χ1) is 3.39. The summed E-state index contributed by atoms with van der Waals surface area (Å²) < 4.78 is 1.46. The maximum atomic E-state index is 2.15. The third-order valence-corrected chi connectivity index (χ3v) is 1.61. The zero-order valence-electron chi connectivity index (χ0n) is 5.20. The largest absolute Gasteiger partial charge is 0.258 e. The molecule has 1 aromatic carbocycles. The lowest BCUT2D eigenvalue weighted by molar-refractivity contribution is 1.78. The van der Waals surface area contributed by atoms with Gasteiger partial charge in [-0.25, -0.2) is 0 Å². The van der Waals surface area contributed by atoms with Gasteiger partial charge in [0.15, 0.2) is 0 Å². The van der Waals surface area contributed by atoms with Gasteiger partial charge < -0.3 is 0 Å². The molecule has 0 bridgehead atoms. The Bertz CT molecular complexity index is 141. The van der Waals surface area contributed by atoms with E-state index in [4.69, 9.17) is 0 Å². The van der Waals surface area contributed by atoms with Crippen molar-refractivity contribution in [2.75, 3.05) is 0 Å². The van der Waals surface area contributed by atoms with Crippen LogP contribution in [-0.4, -0.2) is 16.3 Å². The van der Waals surface area contributed by atoms with E-state index in [0.717, 1.165) is 0 Å². The van der Waals surface area contributed by atoms with Gasteiger partial charge in [-0.2, -0.15) is 0 Å². The molecule has 0 heterocycles. The first-order valence-electron chi connectivity index (χ1n) is 2.41. The van der Waals surface area contributed by atoms with Crippen LogP contribution in [0.4, 0.5) is 0 Å². The standard InChI is InChI=1S/C6H5.Al.2ClH.2H/c1-2-4-6-5-3-1;;;;;/h1-5H;;2*1H;;. The van der Waals surface area contributed by atoms with Crippen molar-refractivity contribution in [2.24, 2.45) is 0 Å². The summed E-state index contributed by atoms with van der Waals surface area (Å²) in [6, 6.07) is 10.5. The van der Waals surface area contributed by atoms with Crippen LogP contribution in [0.1, 0.15) is 0 Å². The van der Waals surface area contributed by atoms with Gasteiger partial charge in [0.05, 0.1) is 0 Å². The molecule has 0 amide bonds. The molecule has 9 heavy (non-hydrogen) atoms. The molecular weight excluding hydrogens is 170 g/mol. The average molecular weight is 179 g/mol. The Morgan fingerprint density at radius 1 is 0.889 bits per heavy atom. The summed E-state index contributed by atoms with van der Waals surface area (Å²) in [6.45, 7) is 0. The Hall–Kier alpha value is 0.332. The maximum Gasteiger partial charge on any atom is 0.258 e. The molecule has 0 atom stereocenters. The second kappa shape index (κ2) is 6.45. The van der Waals surface area contributed by atoms with Gasteiger partial charge in [0, 0.05) is 0 Å². The Morgan fingerprint density at radius 2 is 1.33 bits per heavy atom. The fourth-order valence-electron chi connectivity index (χ4n) is 0.534. The number of halogens is 2. The van der Waals surface area contributed by atoms with Crippen LogP contribution >= 0.6 is 24.8 Å². The summed E-state index contributed by atoms with van der Waals surface area (Å²) in [5.41, 5.74) is 0. The minimum Gasteiger partial charge on any atom is -0.147 e. The van der Waals surface area contributed by atoms with Crippen molar-refractivity contribution in [1.29, 1.82) is 0 Å². The second-order valence-corrected chi connectivity index (χ2v) is 2.81. The molecule has 0 N–H and O–H groups in total. The van der Waals surface area contributed by atoms with Gasteiger partial charge in [0.1, 0.15) is 0 Å². The highest BCUT2D eigenvalue weighted by Crippen LogP contribution is 1.76. The highest BCUT2D eigenvalue weighted by Gasteiger charge is 1.72. The van der Waals surface area contributed by atoms with Crippen molar-refractivity contribution >= 4 is 45.5 Å². The summed E-state index contributed by atoms with van der Waals surface area (Å²) in [5.74, 6) is 0. The number of hydrogen-bond acceptors (Lipinski definition) is 0. The normalized spacial score (nSPS) is 6.67. The molecule has 0 unspecified atom stereocenters. The predicted molar refractivity (Wildman–Crippen MR) is 49.1 cm³/mol. The third-order valence-electron chi connectivity index (χ3n) is 0.940. The summed E-state index contributed by atoms with van der Waals surface area (Å²) >= 11 is 1.17. The van der Waals surface area contributed by atoms with Crippen LogP contribution in [0.2, 0.25) is 0 Å². The van der Waals surface area contributed by atoms with Gasteiger partial charge in [-0.05, 0) is 0 Å². The van der Waals surface area contributed by atoms with Gasteiger partial charge in [-0.3, -0.25) is 0 Å². The van der Waals surface area contributed by atoms with Crippen LogP contribution in [0.25, 0.3) is 0 Å². The van der Waals surface area contributed by atoms with E-state index < -0.39 is 0 Å². The SMILES string of the molecule is Cl.Cl.[AlH2][c]1ccccc1. The molecule has 0 aliphatic carbocycles. The van der Waals surface area contributed by atoms with Crippen molar-refractivity contribution < 1.29 is 0 Å². The van der Waals surface area contributed by atoms with Gasteiger partial charge >= 0.3 is 0 Å². The van der Waals surface area contributed by atoms with E-state index in [2.05, 4.69) is 24.3 Å². The second-order valence-electron chi connectivity index (χ2n) is 1.65. The van der Waals surface area contributed by atoms with E-state index >= 15 is 0 Å². The van der Waals surface area contributed by atoms with Crippen molar-refractivity contribution in [1.82, 2.24) is 0 Å². The lowest BCUT2D eigenvalue weighted by Gasteiger charge is -1.83. The van der Waals surface area contributed by atoms with Gasteiger partial charge in [0.2, 0.25) is 0 Å². The fourth-order valence-corrected chi connectivity index (χ4v) is 0.919. The van der Waals surface area contributed by atoms with Gasteiger partial charge in [-0.15, -0.1) is 29.2 Å². The number of hydrogen-bond donors (Lipinski definition) is 0. The molecule has 1 rings (SSSR count). The van der Waals surface area contributed by atoms with Crippen molar-refractivity contribution in [3.05, 3.63) is 30.3 Å². The van der Waals surface area contributed by atoms with E-state index in [1.165, 1.54) is 20.7 Å². The average Bonchev–Trinajstić information content (AvgIpc) is 1.69. The first-order valence-corrected chi connectivity index (χ1v) is 3.41. The molecule has 1 aromatic rings. The molecule has 0 saturated carbocycles. The molecule has 0 radical (unpaired) electrons. The van der Waals surface area contributed by atoms with E-state index in [0.29, 0.717) is 0 Å². The van der Waals surface area contributed by atoms with Crippen LogP contribution in [-0.2, 0) is 0 Å². The molecule has 0 aliphatic rings. The molecule has 50 valence electrons. The summed E-state index contributed by atoms with van der Waals surface area (Å²) in [4.78, 5) is 0. The van der Waals surface area contributed by atoms with Gasteiger partial charge in [-0.1, -0.05) is 30.3 Å². The van der Waals surface area contributed by atoms with Crippen molar-refractivity contribution in [2.45, 2.75) is 0 Å². The highest BCUT2D eigenvalue weighted by molar-refractivity contribution is 6.32. The lowest BCUT2D eigenvalue weighted by atomic mass is 10.4. The predicted octanol–water partition coefficient (Wildman–Crippen LogP) is 0.789. The quantitative estimate of drug-likeness (QED) is 0.516. The van der Waals surface area contributed by atoms with Crippen LogP contribution < -0.4 is 4.43 Å². The molecule has 0 fully saturated rings.